The van der Waals surface area contributed by atoms with Crippen LogP contribution in [-0.2, 0) is 5.41 Å². The molecular formula is C12H17FO. The van der Waals surface area contributed by atoms with Crippen molar-refractivity contribution in [2.75, 3.05) is 6.86 Å². The Labute approximate surface area is 84.9 Å². The van der Waals surface area contributed by atoms with Gasteiger partial charge in [0, 0.05) is 0 Å². The summed E-state index contributed by atoms with van der Waals surface area (Å²) in [5.74, 6) is 0.595. The molecule has 0 saturated carbocycles. The molecule has 78 valence electrons. The Morgan fingerprint density at radius 2 is 1.93 bits per heavy atom. The molecule has 0 aliphatic rings. The average Bonchev–Trinajstić information content (AvgIpc) is 2.02. The maximum atomic E-state index is 11.9. The molecule has 2 heteroatoms. The third kappa shape index (κ3) is 2.47. The molecule has 1 aromatic carbocycles. The third-order valence-corrected chi connectivity index (χ3v) is 2.23. The summed E-state index contributed by atoms with van der Waals surface area (Å²) in [6, 6.07) is 5.69. The van der Waals surface area contributed by atoms with Gasteiger partial charge in [-0.05, 0) is 35.6 Å². The molecule has 14 heavy (non-hydrogen) atoms. The number of halogens is 1. The Morgan fingerprint density at radius 1 is 1.29 bits per heavy atom. The zero-order valence-corrected chi connectivity index (χ0v) is 9.23. The number of alkyl halides is 1. The summed E-state index contributed by atoms with van der Waals surface area (Å²) in [6.45, 7) is 7.72. The quantitative estimate of drug-likeness (QED) is 0.702. The van der Waals surface area contributed by atoms with Gasteiger partial charge in [-0.25, -0.2) is 4.39 Å². The van der Waals surface area contributed by atoms with Crippen molar-refractivity contribution in [1.82, 2.24) is 0 Å². The van der Waals surface area contributed by atoms with Crippen molar-refractivity contribution in [3.8, 4) is 5.75 Å². The van der Waals surface area contributed by atoms with Crippen molar-refractivity contribution in [3.63, 3.8) is 0 Å². The number of aryl methyl sites for hydroxylation is 1. The molecule has 1 rings (SSSR count). The number of hydrogen-bond acceptors (Lipinski definition) is 1. The van der Waals surface area contributed by atoms with E-state index in [2.05, 4.69) is 20.8 Å². The maximum absolute atomic E-state index is 11.9. The lowest BCUT2D eigenvalue weighted by Crippen LogP contribution is -2.12. The summed E-state index contributed by atoms with van der Waals surface area (Å²) >= 11 is 0. The van der Waals surface area contributed by atoms with E-state index in [9.17, 15) is 4.39 Å². The second-order valence-corrected chi connectivity index (χ2v) is 4.48. The standard InChI is InChI=1S/C12H17FO/c1-9-7-10(14-8-13)5-6-11(9)12(2,3)4/h5-7H,8H2,1-4H3. The van der Waals surface area contributed by atoms with Gasteiger partial charge in [-0.2, -0.15) is 0 Å². The molecule has 0 fully saturated rings. The van der Waals surface area contributed by atoms with E-state index in [4.69, 9.17) is 4.74 Å². The molecule has 0 radical (unpaired) electrons. The highest BCUT2D eigenvalue weighted by Gasteiger charge is 2.16. The van der Waals surface area contributed by atoms with Crippen LogP contribution in [0.25, 0.3) is 0 Å². The Bertz CT molecular complexity index is 313. The van der Waals surface area contributed by atoms with E-state index in [0.717, 1.165) is 5.56 Å². The maximum Gasteiger partial charge on any atom is 0.228 e. The number of hydrogen-bond donors (Lipinski definition) is 0. The van der Waals surface area contributed by atoms with E-state index in [1.807, 2.05) is 25.1 Å². The van der Waals surface area contributed by atoms with Crippen LogP contribution in [0.5, 0.6) is 5.75 Å². The lowest BCUT2D eigenvalue weighted by Gasteiger charge is -2.21. The summed E-state index contributed by atoms with van der Waals surface area (Å²) in [7, 11) is 0. The van der Waals surface area contributed by atoms with Gasteiger partial charge in [0.2, 0.25) is 6.86 Å². The Balaban J connectivity index is 3.02. The van der Waals surface area contributed by atoms with Crippen molar-refractivity contribution in [2.24, 2.45) is 0 Å². The van der Waals surface area contributed by atoms with Crippen molar-refractivity contribution in [2.45, 2.75) is 33.1 Å². The Hall–Kier alpha value is -1.05. The summed E-state index contributed by atoms with van der Waals surface area (Å²) in [4.78, 5) is 0. The molecule has 0 spiro atoms. The van der Waals surface area contributed by atoms with Crippen molar-refractivity contribution >= 4 is 0 Å². The van der Waals surface area contributed by atoms with Crippen LogP contribution in [0.3, 0.4) is 0 Å². The monoisotopic (exact) mass is 196 g/mol. The summed E-state index contributed by atoms with van der Waals surface area (Å²) < 4.78 is 16.7. The summed E-state index contributed by atoms with van der Waals surface area (Å²) in [6.07, 6.45) is 0. The second-order valence-electron chi connectivity index (χ2n) is 4.48. The number of rotatable bonds is 2. The van der Waals surface area contributed by atoms with E-state index in [0.29, 0.717) is 5.75 Å². The van der Waals surface area contributed by atoms with E-state index in [1.165, 1.54) is 5.56 Å². The van der Waals surface area contributed by atoms with Crippen molar-refractivity contribution < 1.29 is 9.13 Å². The van der Waals surface area contributed by atoms with Gasteiger partial charge in [-0.1, -0.05) is 26.8 Å². The lowest BCUT2D eigenvalue weighted by molar-refractivity contribution is 0.191. The van der Waals surface area contributed by atoms with Crippen molar-refractivity contribution in [1.29, 1.82) is 0 Å². The zero-order chi connectivity index (χ0) is 10.8. The topological polar surface area (TPSA) is 9.23 Å². The highest BCUT2D eigenvalue weighted by atomic mass is 19.1. The van der Waals surface area contributed by atoms with E-state index in [1.54, 1.807) is 0 Å². The van der Waals surface area contributed by atoms with Crippen LogP contribution in [0, 0.1) is 6.92 Å². The Morgan fingerprint density at radius 3 is 2.36 bits per heavy atom. The molecule has 0 aliphatic heterocycles. The normalized spacial score (nSPS) is 11.5. The smallest absolute Gasteiger partial charge is 0.228 e. The van der Waals surface area contributed by atoms with E-state index < -0.39 is 6.86 Å². The fourth-order valence-electron chi connectivity index (χ4n) is 1.63. The summed E-state index contributed by atoms with van der Waals surface area (Å²) in [5.41, 5.74) is 2.53. The van der Waals surface area contributed by atoms with E-state index in [-0.39, 0.29) is 5.41 Å². The van der Waals surface area contributed by atoms with Gasteiger partial charge >= 0.3 is 0 Å². The van der Waals surface area contributed by atoms with Crippen LogP contribution in [0.15, 0.2) is 18.2 Å². The first kappa shape index (κ1) is 11.0. The third-order valence-electron chi connectivity index (χ3n) is 2.23. The minimum atomic E-state index is -0.770. The molecular weight excluding hydrogens is 179 g/mol. The zero-order valence-electron chi connectivity index (χ0n) is 9.23. The van der Waals surface area contributed by atoms with Crippen molar-refractivity contribution in [3.05, 3.63) is 29.3 Å². The molecule has 0 amide bonds. The van der Waals surface area contributed by atoms with E-state index >= 15 is 0 Å². The molecule has 0 unspecified atom stereocenters. The van der Waals surface area contributed by atoms with Crippen LogP contribution in [0.4, 0.5) is 4.39 Å². The lowest BCUT2D eigenvalue weighted by atomic mass is 9.84. The van der Waals surface area contributed by atoms with Crippen LogP contribution in [-0.4, -0.2) is 6.86 Å². The number of benzene rings is 1. The first-order chi connectivity index (χ1) is 6.45. The van der Waals surface area contributed by atoms with Gasteiger partial charge in [-0.15, -0.1) is 0 Å². The fourth-order valence-corrected chi connectivity index (χ4v) is 1.63. The predicted molar refractivity (Wildman–Crippen MR) is 56.5 cm³/mol. The van der Waals surface area contributed by atoms with Gasteiger partial charge < -0.3 is 4.74 Å². The van der Waals surface area contributed by atoms with Crippen LogP contribution >= 0.6 is 0 Å². The molecule has 1 aromatic rings. The SMILES string of the molecule is Cc1cc(OCF)ccc1C(C)(C)C. The molecule has 0 atom stereocenters. The van der Waals surface area contributed by atoms with Gasteiger partial charge in [0.25, 0.3) is 0 Å². The molecule has 0 saturated heterocycles. The largest absolute Gasteiger partial charge is 0.463 e. The Kier molecular flexibility index (Phi) is 3.14. The molecule has 0 aromatic heterocycles. The fraction of sp³-hybridized carbons (Fsp3) is 0.500. The first-order valence-corrected chi connectivity index (χ1v) is 4.75. The van der Waals surface area contributed by atoms with Gasteiger partial charge in [0.1, 0.15) is 5.75 Å². The first-order valence-electron chi connectivity index (χ1n) is 4.75. The van der Waals surface area contributed by atoms with Gasteiger partial charge in [-0.3, -0.25) is 0 Å². The highest BCUT2D eigenvalue weighted by molar-refractivity contribution is 5.38. The molecule has 0 heterocycles. The molecule has 0 aliphatic carbocycles. The van der Waals surface area contributed by atoms with Gasteiger partial charge in [0.05, 0.1) is 0 Å². The number of ether oxygens (including phenoxy) is 1. The minimum Gasteiger partial charge on any atom is -0.463 e. The minimum absolute atomic E-state index is 0.123. The van der Waals surface area contributed by atoms with Gasteiger partial charge in [0.15, 0.2) is 0 Å². The summed E-state index contributed by atoms with van der Waals surface area (Å²) in [5, 5.41) is 0. The molecule has 0 bridgehead atoms. The van der Waals surface area contributed by atoms with Crippen LogP contribution in [0.1, 0.15) is 31.9 Å². The highest BCUT2D eigenvalue weighted by Crippen LogP contribution is 2.28. The van der Waals surface area contributed by atoms with Crippen LogP contribution in [0.2, 0.25) is 0 Å². The molecule has 0 N–H and O–H groups in total. The second kappa shape index (κ2) is 3.99. The molecule has 1 nitrogen and oxygen atoms in total. The predicted octanol–water partition coefficient (Wildman–Crippen LogP) is 3.60. The van der Waals surface area contributed by atoms with Crippen LogP contribution < -0.4 is 4.74 Å². The average molecular weight is 196 g/mol.